The second kappa shape index (κ2) is 5.83. The number of piperidine rings is 1. The molecule has 0 saturated carbocycles. The molecule has 0 aromatic heterocycles. The Morgan fingerprint density at radius 2 is 2.00 bits per heavy atom. The Balaban J connectivity index is 1.67. The monoisotopic (exact) mass is 212 g/mol. The highest BCUT2D eigenvalue weighted by atomic mass is 16.5. The van der Waals surface area contributed by atoms with Crippen molar-refractivity contribution in [1.82, 2.24) is 10.2 Å². The molecule has 0 amide bonds. The average Bonchev–Trinajstić information content (AvgIpc) is 2.31. The summed E-state index contributed by atoms with van der Waals surface area (Å²) < 4.78 is 5.71. The van der Waals surface area contributed by atoms with Gasteiger partial charge >= 0.3 is 0 Å². The molecule has 1 unspecified atom stereocenters. The maximum Gasteiger partial charge on any atom is 0.108 e. The minimum atomic E-state index is 0.344. The zero-order valence-electron chi connectivity index (χ0n) is 9.87. The van der Waals surface area contributed by atoms with Crippen LogP contribution in [0.5, 0.6) is 0 Å². The lowest BCUT2D eigenvalue weighted by Gasteiger charge is -2.35. The lowest BCUT2D eigenvalue weighted by Crippen LogP contribution is -2.47. The van der Waals surface area contributed by atoms with Gasteiger partial charge < -0.3 is 9.64 Å². The van der Waals surface area contributed by atoms with Gasteiger partial charge in [-0.1, -0.05) is 6.92 Å². The molecule has 15 heavy (non-hydrogen) atoms. The highest BCUT2D eigenvalue weighted by molar-refractivity contribution is 4.78. The van der Waals surface area contributed by atoms with Crippen molar-refractivity contribution >= 4 is 0 Å². The SMILES string of the molecule is CCN1CCC(NC2CCCCO2)CC1. The maximum atomic E-state index is 5.71. The third-order valence-corrected chi connectivity index (χ3v) is 3.64. The van der Waals surface area contributed by atoms with Crippen LogP contribution in [0.15, 0.2) is 0 Å². The molecular formula is C12H24N2O. The quantitative estimate of drug-likeness (QED) is 0.769. The van der Waals surface area contributed by atoms with Crippen LogP contribution in [0.3, 0.4) is 0 Å². The summed E-state index contributed by atoms with van der Waals surface area (Å²) in [5, 5.41) is 3.65. The van der Waals surface area contributed by atoms with Crippen LogP contribution in [-0.2, 0) is 4.74 Å². The molecule has 2 rings (SSSR count). The molecule has 0 spiro atoms. The molecule has 0 bridgehead atoms. The number of hydrogen-bond acceptors (Lipinski definition) is 3. The summed E-state index contributed by atoms with van der Waals surface area (Å²) in [5.41, 5.74) is 0. The number of hydrogen-bond donors (Lipinski definition) is 1. The summed E-state index contributed by atoms with van der Waals surface area (Å²) in [6.07, 6.45) is 6.68. The summed E-state index contributed by atoms with van der Waals surface area (Å²) in [6, 6.07) is 0.691. The van der Waals surface area contributed by atoms with Crippen molar-refractivity contribution in [1.29, 1.82) is 0 Å². The summed E-state index contributed by atoms with van der Waals surface area (Å²) in [6.45, 7) is 6.90. The van der Waals surface area contributed by atoms with Gasteiger partial charge in [0.15, 0.2) is 0 Å². The molecule has 2 heterocycles. The fraction of sp³-hybridized carbons (Fsp3) is 1.00. The van der Waals surface area contributed by atoms with E-state index in [1.807, 2.05) is 0 Å². The number of nitrogens with one attached hydrogen (secondary N) is 1. The zero-order chi connectivity index (χ0) is 10.5. The number of rotatable bonds is 3. The first-order chi connectivity index (χ1) is 7.38. The first-order valence-corrected chi connectivity index (χ1v) is 6.48. The van der Waals surface area contributed by atoms with Gasteiger partial charge in [0.1, 0.15) is 6.23 Å². The lowest BCUT2D eigenvalue weighted by atomic mass is 10.0. The molecule has 2 aliphatic rings. The van der Waals surface area contributed by atoms with Gasteiger partial charge in [-0.2, -0.15) is 0 Å². The van der Waals surface area contributed by atoms with Gasteiger partial charge in [0.05, 0.1) is 0 Å². The second-order valence-electron chi connectivity index (χ2n) is 4.73. The van der Waals surface area contributed by atoms with E-state index in [-0.39, 0.29) is 0 Å². The van der Waals surface area contributed by atoms with Crippen LogP contribution in [0, 0.1) is 0 Å². The highest BCUT2D eigenvalue weighted by Crippen LogP contribution is 2.15. The smallest absolute Gasteiger partial charge is 0.108 e. The third kappa shape index (κ3) is 3.44. The fourth-order valence-corrected chi connectivity index (χ4v) is 2.55. The van der Waals surface area contributed by atoms with Crippen molar-refractivity contribution in [2.24, 2.45) is 0 Å². The Bertz CT molecular complexity index is 172. The Morgan fingerprint density at radius 3 is 2.60 bits per heavy atom. The first kappa shape index (κ1) is 11.4. The average molecular weight is 212 g/mol. The van der Waals surface area contributed by atoms with E-state index in [0.29, 0.717) is 12.3 Å². The number of likely N-dealkylation sites (tertiary alicyclic amines) is 1. The molecule has 3 heteroatoms. The molecule has 2 saturated heterocycles. The summed E-state index contributed by atoms with van der Waals surface area (Å²) >= 11 is 0. The topological polar surface area (TPSA) is 24.5 Å². The molecule has 2 fully saturated rings. The van der Waals surface area contributed by atoms with Crippen LogP contribution < -0.4 is 5.32 Å². The predicted molar refractivity (Wildman–Crippen MR) is 61.9 cm³/mol. The molecule has 0 aliphatic carbocycles. The van der Waals surface area contributed by atoms with Crippen LogP contribution in [0.1, 0.15) is 39.0 Å². The molecule has 0 aromatic carbocycles. The van der Waals surface area contributed by atoms with Crippen molar-refractivity contribution in [2.75, 3.05) is 26.2 Å². The lowest BCUT2D eigenvalue weighted by molar-refractivity contribution is -0.0172. The van der Waals surface area contributed by atoms with Gasteiger partial charge in [0.25, 0.3) is 0 Å². The minimum absolute atomic E-state index is 0.344. The van der Waals surface area contributed by atoms with Crippen molar-refractivity contribution in [3.8, 4) is 0 Å². The molecule has 0 aromatic rings. The van der Waals surface area contributed by atoms with Crippen LogP contribution in [0.2, 0.25) is 0 Å². The predicted octanol–water partition coefficient (Wildman–Crippen LogP) is 1.59. The Labute approximate surface area is 93.2 Å². The molecule has 0 radical (unpaired) electrons. The Hall–Kier alpha value is -0.120. The van der Waals surface area contributed by atoms with Crippen molar-refractivity contribution in [3.05, 3.63) is 0 Å². The summed E-state index contributed by atoms with van der Waals surface area (Å²) in [5.74, 6) is 0. The van der Waals surface area contributed by atoms with Gasteiger partial charge in [-0.05, 0) is 51.7 Å². The van der Waals surface area contributed by atoms with Crippen molar-refractivity contribution in [3.63, 3.8) is 0 Å². The number of ether oxygens (including phenoxy) is 1. The van der Waals surface area contributed by atoms with Gasteiger partial charge in [-0.25, -0.2) is 0 Å². The van der Waals surface area contributed by atoms with E-state index in [9.17, 15) is 0 Å². The first-order valence-electron chi connectivity index (χ1n) is 6.48. The molecule has 1 atom stereocenters. The van der Waals surface area contributed by atoms with E-state index in [1.54, 1.807) is 0 Å². The Morgan fingerprint density at radius 1 is 1.20 bits per heavy atom. The molecular weight excluding hydrogens is 188 g/mol. The van der Waals surface area contributed by atoms with E-state index in [2.05, 4.69) is 17.1 Å². The molecule has 88 valence electrons. The summed E-state index contributed by atoms with van der Waals surface area (Å²) in [4.78, 5) is 2.53. The van der Waals surface area contributed by atoms with Crippen LogP contribution in [-0.4, -0.2) is 43.4 Å². The molecule has 2 aliphatic heterocycles. The number of nitrogens with zero attached hydrogens (tertiary/aromatic N) is 1. The zero-order valence-corrected chi connectivity index (χ0v) is 9.87. The fourth-order valence-electron chi connectivity index (χ4n) is 2.55. The van der Waals surface area contributed by atoms with E-state index in [1.165, 1.54) is 51.7 Å². The van der Waals surface area contributed by atoms with Gasteiger partial charge in [-0.15, -0.1) is 0 Å². The third-order valence-electron chi connectivity index (χ3n) is 3.64. The summed E-state index contributed by atoms with van der Waals surface area (Å²) in [7, 11) is 0. The van der Waals surface area contributed by atoms with Gasteiger partial charge in [0.2, 0.25) is 0 Å². The van der Waals surface area contributed by atoms with E-state index in [4.69, 9.17) is 4.74 Å². The minimum Gasteiger partial charge on any atom is -0.363 e. The van der Waals surface area contributed by atoms with E-state index >= 15 is 0 Å². The van der Waals surface area contributed by atoms with Crippen molar-refractivity contribution in [2.45, 2.75) is 51.3 Å². The molecule has 3 nitrogen and oxygen atoms in total. The molecule has 1 N–H and O–H groups in total. The Kier molecular flexibility index (Phi) is 4.42. The van der Waals surface area contributed by atoms with Crippen molar-refractivity contribution < 1.29 is 4.74 Å². The maximum absolute atomic E-state index is 5.71. The van der Waals surface area contributed by atoms with Crippen LogP contribution >= 0.6 is 0 Å². The van der Waals surface area contributed by atoms with Gasteiger partial charge in [0, 0.05) is 12.6 Å². The highest BCUT2D eigenvalue weighted by Gasteiger charge is 2.22. The van der Waals surface area contributed by atoms with Crippen LogP contribution in [0.4, 0.5) is 0 Å². The second-order valence-corrected chi connectivity index (χ2v) is 4.73. The normalized spacial score (nSPS) is 30.6. The van der Waals surface area contributed by atoms with E-state index < -0.39 is 0 Å². The largest absolute Gasteiger partial charge is 0.363 e. The van der Waals surface area contributed by atoms with Crippen LogP contribution in [0.25, 0.3) is 0 Å². The standard InChI is InChI=1S/C12H24N2O/c1-2-14-8-6-11(7-9-14)13-12-5-3-4-10-15-12/h11-13H,2-10H2,1H3. The van der Waals surface area contributed by atoms with Gasteiger partial charge in [-0.3, -0.25) is 5.32 Å². The van der Waals surface area contributed by atoms with E-state index in [0.717, 1.165) is 6.61 Å².